The molecule has 1 rings (SSSR count). The van der Waals surface area contributed by atoms with E-state index in [2.05, 4.69) is 20.9 Å². The number of amides is 1. The van der Waals surface area contributed by atoms with E-state index in [1.54, 1.807) is 11.2 Å². The molecule has 0 radical (unpaired) electrons. The van der Waals surface area contributed by atoms with E-state index in [9.17, 15) is 13.2 Å². The van der Waals surface area contributed by atoms with E-state index in [0.717, 1.165) is 12.8 Å². The third-order valence-corrected chi connectivity index (χ3v) is 6.73. The molecule has 0 aromatic heterocycles. The van der Waals surface area contributed by atoms with Gasteiger partial charge in [0.2, 0.25) is 10.0 Å². The first kappa shape index (κ1) is 30.2. The number of piperidine rings is 1. The topological polar surface area (TPSA) is 112 Å². The van der Waals surface area contributed by atoms with Crippen molar-refractivity contribution in [3.8, 4) is 0 Å². The zero-order valence-corrected chi connectivity index (χ0v) is 23.2. The fourth-order valence-electron chi connectivity index (χ4n) is 3.05. The minimum absolute atomic E-state index is 0. The minimum Gasteiger partial charge on any atom is -0.444 e. The van der Waals surface area contributed by atoms with Gasteiger partial charge in [0, 0.05) is 25.7 Å². The molecule has 0 aliphatic carbocycles. The molecular formula is C20H42IN5O4S. The number of alkyl carbamates (subject to hydrolysis) is 1. The highest BCUT2D eigenvalue weighted by atomic mass is 127. The molecule has 0 aromatic rings. The lowest BCUT2D eigenvalue weighted by Gasteiger charge is -2.32. The molecule has 1 atom stereocenters. The number of hydrogen-bond donors (Lipinski definition) is 3. The molecule has 1 aliphatic rings. The van der Waals surface area contributed by atoms with Crippen molar-refractivity contribution < 1.29 is 17.9 Å². The first-order valence-corrected chi connectivity index (χ1v) is 12.5. The van der Waals surface area contributed by atoms with Crippen LogP contribution in [0.15, 0.2) is 4.99 Å². The molecule has 1 amide bonds. The second-order valence-electron chi connectivity index (χ2n) is 8.93. The van der Waals surface area contributed by atoms with Gasteiger partial charge in [-0.15, -0.1) is 24.0 Å². The Bertz CT molecular complexity index is 672. The van der Waals surface area contributed by atoms with Gasteiger partial charge < -0.3 is 20.7 Å². The van der Waals surface area contributed by atoms with Crippen LogP contribution in [0, 0.1) is 5.92 Å². The first-order valence-electron chi connectivity index (χ1n) is 10.9. The Morgan fingerprint density at radius 3 is 2.23 bits per heavy atom. The molecule has 1 unspecified atom stereocenters. The molecule has 0 aromatic carbocycles. The Hall–Kier alpha value is -0.820. The number of carbonyl (C=O) groups is 1. The number of ether oxygens (including phenoxy) is 1. The Balaban J connectivity index is 0.00000900. The maximum Gasteiger partial charge on any atom is 0.407 e. The molecule has 1 aliphatic heterocycles. The van der Waals surface area contributed by atoms with E-state index in [0.29, 0.717) is 32.1 Å². The summed E-state index contributed by atoms with van der Waals surface area (Å²) in [6.07, 6.45) is 1.01. The Morgan fingerprint density at radius 2 is 1.77 bits per heavy atom. The second-order valence-corrected chi connectivity index (χ2v) is 11.2. The van der Waals surface area contributed by atoms with Crippen molar-refractivity contribution >= 4 is 46.1 Å². The molecule has 31 heavy (non-hydrogen) atoms. The molecule has 0 spiro atoms. The number of sulfonamides is 1. The lowest BCUT2D eigenvalue weighted by molar-refractivity contribution is 0.0493. The molecule has 0 saturated carbocycles. The lowest BCUT2D eigenvalue weighted by atomic mass is 10.1. The molecule has 0 bridgehead atoms. The number of carbonyl (C=O) groups excluding carboxylic acids is 1. The van der Waals surface area contributed by atoms with Gasteiger partial charge in [0.05, 0.1) is 18.3 Å². The van der Waals surface area contributed by atoms with Gasteiger partial charge in [-0.3, -0.25) is 4.99 Å². The van der Waals surface area contributed by atoms with Gasteiger partial charge in [0.1, 0.15) is 5.60 Å². The SMILES string of the molecule is CCNC(=NCC(NC(=O)OC(C)(C)C)C(C)C)NC1CCN(S(=O)(=O)CC)CC1.I. The smallest absolute Gasteiger partial charge is 0.407 e. The number of aliphatic imine (C=N–C) groups is 1. The summed E-state index contributed by atoms with van der Waals surface area (Å²) in [5, 5.41) is 9.54. The number of rotatable bonds is 8. The minimum atomic E-state index is -3.13. The Labute approximate surface area is 205 Å². The van der Waals surface area contributed by atoms with Crippen molar-refractivity contribution in [2.75, 3.05) is 31.9 Å². The van der Waals surface area contributed by atoms with Crippen LogP contribution in [0.1, 0.15) is 61.3 Å². The summed E-state index contributed by atoms with van der Waals surface area (Å²) in [5.41, 5.74) is -0.550. The predicted octanol–water partition coefficient (Wildman–Crippen LogP) is 2.52. The van der Waals surface area contributed by atoms with E-state index in [-0.39, 0.29) is 47.7 Å². The van der Waals surface area contributed by atoms with Gasteiger partial charge in [-0.2, -0.15) is 0 Å². The normalized spacial score (nSPS) is 17.6. The highest BCUT2D eigenvalue weighted by molar-refractivity contribution is 14.0. The molecular weight excluding hydrogens is 533 g/mol. The zero-order chi connectivity index (χ0) is 22.9. The summed E-state index contributed by atoms with van der Waals surface area (Å²) in [5.74, 6) is 0.994. The van der Waals surface area contributed by atoms with Crippen LogP contribution in [0.2, 0.25) is 0 Å². The fraction of sp³-hybridized carbons (Fsp3) is 0.900. The molecule has 184 valence electrons. The van der Waals surface area contributed by atoms with Gasteiger partial charge in [-0.05, 0) is 53.4 Å². The van der Waals surface area contributed by atoms with Gasteiger partial charge >= 0.3 is 6.09 Å². The third kappa shape index (κ3) is 11.6. The van der Waals surface area contributed by atoms with Crippen LogP contribution >= 0.6 is 24.0 Å². The summed E-state index contributed by atoms with van der Waals surface area (Å²) in [6, 6.07) is -0.00530. The summed E-state index contributed by atoms with van der Waals surface area (Å²) >= 11 is 0. The van der Waals surface area contributed by atoms with E-state index in [4.69, 9.17) is 4.74 Å². The van der Waals surface area contributed by atoms with Gasteiger partial charge in [0.25, 0.3) is 0 Å². The number of halogens is 1. The maximum absolute atomic E-state index is 12.1. The van der Waals surface area contributed by atoms with Gasteiger partial charge in [-0.25, -0.2) is 17.5 Å². The Kier molecular flexibility index (Phi) is 13.3. The number of guanidine groups is 1. The standard InChI is InChI=1S/C20H41N5O4S.HI/c1-8-21-18(23-16-10-12-25(13-11-16)30(27,28)9-2)22-14-17(15(3)4)24-19(26)29-20(5,6)7;/h15-17H,8-14H2,1-7H3,(H,24,26)(H2,21,22,23);1H. The van der Waals surface area contributed by atoms with Gasteiger partial charge in [0.15, 0.2) is 5.96 Å². The molecule has 1 fully saturated rings. The van der Waals surface area contributed by atoms with Crippen molar-refractivity contribution in [2.45, 2.75) is 79.0 Å². The highest BCUT2D eigenvalue weighted by Gasteiger charge is 2.27. The fourth-order valence-corrected chi connectivity index (χ4v) is 4.18. The number of nitrogens with one attached hydrogen (secondary N) is 3. The molecule has 9 nitrogen and oxygen atoms in total. The first-order chi connectivity index (χ1) is 13.9. The van der Waals surface area contributed by atoms with E-state index >= 15 is 0 Å². The van der Waals surface area contributed by atoms with Crippen LogP contribution in [0.5, 0.6) is 0 Å². The molecule has 3 N–H and O–H groups in total. The average molecular weight is 576 g/mol. The summed E-state index contributed by atoms with van der Waals surface area (Å²) < 4.78 is 31.0. The quantitative estimate of drug-likeness (QED) is 0.233. The van der Waals surface area contributed by atoms with Crippen LogP contribution in [0.4, 0.5) is 4.79 Å². The van der Waals surface area contributed by atoms with Crippen molar-refractivity contribution in [3.05, 3.63) is 0 Å². The third-order valence-electron chi connectivity index (χ3n) is 4.85. The van der Waals surface area contributed by atoms with E-state index in [1.165, 1.54) is 0 Å². The summed E-state index contributed by atoms with van der Waals surface area (Å²) in [7, 11) is -3.13. The second kappa shape index (κ2) is 13.7. The van der Waals surface area contributed by atoms with Crippen LogP contribution in [0.25, 0.3) is 0 Å². The largest absolute Gasteiger partial charge is 0.444 e. The molecule has 1 saturated heterocycles. The molecule has 1 heterocycles. The van der Waals surface area contributed by atoms with Crippen LogP contribution < -0.4 is 16.0 Å². The number of hydrogen-bond acceptors (Lipinski definition) is 5. The van der Waals surface area contributed by atoms with Crippen molar-refractivity contribution in [3.63, 3.8) is 0 Å². The summed E-state index contributed by atoms with van der Waals surface area (Å²) in [6.45, 7) is 15.4. The monoisotopic (exact) mass is 575 g/mol. The van der Waals surface area contributed by atoms with E-state index in [1.807, 2.05) is 41.5 Å². The summed E-state index contributed by atoms with van der Waals surface area (Å²) in [4.78, 5) is 16.8. The van der Waals surface area contributed by atoms with Crippen LogP contribution in [-0.4, -0.2) is 74.4 Å². The number of nitrogens with zero attached hydrogens (tertiary/aromatic N) is 2. The maximum atomic E-state index is 12.1. The van der Waals surface area contributed by atoms with Gasteiger partial charge in [-0.1, -0.05) is 13.8 Å². The predicted molar refractivity (Wildman–Crippen MR) is 137 cm³/mol. The molecule has 11 heteroatoms. The Morgan fingerprint density at radius 1 is 1.19 bits per heavy atom. The van der Waals surface area contributed by atoms with E-state index < -0.39 is 21.7 Å². The van der Waals surface area contributed by atoms with Crippen LogP contribution in [-0.2, 0) is 14.8 Å². The average Bonchev–Trinajstić information content (AvgIpc) is 2.63. The van der Waals surface area contributed by atoms with Crippen molar-refractivity contribution in [1.82, 2.24) is 20.3 Å². The van der Waals surface area contributed by atoms with Crippen molar-refractivity contribution in [1.29, 1.82) is 0 Å². The lowest BCUT2D eigenvalue weighted by Crippen LogP contribution is -2.50. The van der Waals surface area contributed by atoms with Crippen LogP contribution in [0.3, 0.4) is 0 Å². The highest BCUT2D eigenvalue weighted by Crippen LogP contribution is 2.14. The zero-order valence-electron chi connectivity index (χ0n) is 20.0. The van der Waals surface area contributed by atoms with Crippen molar-refractivity contribution in [2.24, 2.45) is 10.9 Å².